The van der Waals surface area contributed by atoms with Gasteiger partial charge in [0.2, 0.25) is 0 Å². The second-order valence-electron chi connectivity index (χ2n) is 4.56. The number of thiocarbonyl (C=S) groups is 1. The molecule has 2 N–H and O–H groups in total. The zero-order valence-electron chi connectivity index (χ0n) is 9.65. The van der Waals surface area contributed by atoms with Crippen LogP contribution < -0.4 is 10.6 Å². The number of rotatable bonds is 4. The standard InChI is InChI=1S/C13H18N2S/c1-15(9-10-5-4-6-10)12-8-3-2-7-11(12)13(14)16/h2-3,7-8,10H,4-6,9H2,1H3,(H2,14,16). The van der Waals surface area contributed by atoms with Crippen molar-refractivity contribution in [2.24, 2.45) is 11.7 Å². The highest BCUT2D eigenvalue weighted by Crippen LogP contribution is 2.29. The molecule has 1 aliphatic carbocycles. The van der Waals surface area contributed by atoms with E-state index in [0.29, 0.717) is 4.99 Å². The van der Waals surface area contributed by atoms with Gasteiger partial charge in [0, 0.05) is 24.8 Å². The van der Waals surface area contributed by atoms with Crippen molar-refractivity contribution in [1.29, 1.82) is 0 Å². The molecule has 1 fully saturated rings. The van der Waals surface area contributed by atoms with E-state index in [0.717, 1.165) is 23.7 Å². The molecule has 1 saturated carbocycles. The van der Waals surface area contributed by atoms with E-state index in [1.54, 1.807) is 0 Å². The summed E-state index contributed by atoms with van der Waals surface area (Å²) in [6.45, 7) is 1.11. The number of nitrogens with zero attached hydrogens (tertiary/aromatic N) is 1. The molecule has 1 aliphatic rings. The third kappa shape index (κ3) is 2.35. The molecule has 86 valence electrons. The first-order valence-electron chi connectivity index (χ1n) is 5.78. The average Bonchev–Trinajstić information content (AvgIpc) is 2.23. The van der Waals surface area contributed by atoms with E-state index in [4.69, 9.17) is 18.0 Å². The lowest BCUT2D eigenvalue weighted by Gasteiger charge is -2.32. The Morgan fingerprint density at radius 1 is 1.44 bits per heavy atom. The van der Waals surface area contributed by atoms with Crippen molar-refractivity contribution in [3.05, 3.63) is 29.8 Å². The van der Waals surface area contributed by atoms with Crippen molar-refractivity contribution >= 4 is 22.9 Å². The summed E-state index contributed by atoms with van der Waals surface area (Å²) in [5, 5.41) is 0. The fraction of sp³-hybridized carbons (Fsp3) is 0.462. The van der Waals surface area contributed by atoms with Crippen LogP contribution in [-0.4, -0.2) is 18.6 Å². The Labute approximate surface area is 102 Å². The molecule has 3 heteroatoms. The summed E-state index contributed by atoms with van der Waals surface area (Å²) in [5.74, 6) is 0.851. The Morgan fingerprint density at radius 3 is 2.69 bits per heavy atom. The molecule has 0 amide bonds. The number of hydrogen-bond donors (Lipinski definition) is 1. The van der Waals surface area contributed by atoms with Gasteiger partial charge in [-0.05, 0) is 30.9 Å². The summed E-state index contributed by atoms with van der Waals surface area (Å²) in [5.41, 5.74) is 7.87. The van der Waals surface area contributed by atoms with E-state index in [9.17, 15) is 0 Å². The van der Waals surface area contributed by atoms with Gasteiger partial charge in [-0.3, -0.25) is 0 Å². The van der Waals surface area contributed by atoms with Crippen LogP contribution >= 0.6 is 12.2 Å². The number of para-hydroxylation sites is 1. The van der Waals surface area contributed by atoms with Crippen LogP contribution in [0.3, 0.4) is 0 Å². The van der Waals surface area contributed by atoms with Crippen LogP contribution in [0.4, 0.5) is 5.69 Å². The topological polar surface area (TPSA) is 29.3 Å². The largest absolute Gasteiger partial charge is 0.389 e. The number of benzene rings is 1. The fourth-order valence-corrected chi connectivity index (χ4v) is 2.35. The lowest BCUT2D eigenvalue weighted by Crippen LogP contribution is -2.30. The number of hydrogen-bond acceptors (Lipinski definition) is 2. The Kier molecular flexibility index (Phi) is 3.44. The van der Waals surface area contributed by atoms with Crippen LogP contribution in [0.5, 0.6) is 0 Å². The molecule has 1 aromatic carbocycles. The molecule has 0 heterocycles. The summed E-state index contributed by atoms with van der Waals surface area (Å²) < 4.78 is 0. The van der Waals surface area contributed by atoms with Crippen LogP contribution in [-0.2, 0) is 0 Å². The normalized spacial score (nSPS) is 15.6. The zero-order chi connectivity index (χ0) is 11.5. The van der Waals surface area contributed by atoms with Crippen LogP contribution in [0.2, 0.25) is 0 Å². The number of anilines is 1. The molecule has 0 bridgehead atoms. The molecule has 2 nitrogen and oxygen atoms in total. The highest BCUT2D eigenvalue weighted by Gasteiger charge is 2.20. The first kappa shape index (κ1) is 11.4. The minimum absolute atomic E-state index is 0.482. The SMILES string of the molecule is CN(CC1CCC1)c1ccccc1C(N)=S. The fourth-order valence-electron chi connectivity index (χ4n) is 2.18. The van der Waals surface area contributed by atoms with Crippen LogP contribution in [0, 0.1) is 5.92 Å². The molecule has 2 rings (SSSR count). The predicted molar refractivity (Wildman–Crippen MR) is 72.9 cm³/mol. The van der Waals surface area contributed by atoms with Gasteiger partial charge in [-0.15, -0.1) is 0 Å². The lowest BCUT2D eigenvalue weighted by atomic mass is 9.85. The van der Waals surface area contributed by atoms with E-state index in [-0.39, 0.29) is 0 Å². The van der Waals surface area contributed by atoms with Crippen LogP contribution in [0.25, 0.3) is 0 Å². The maximum atomic E-state index is 5.73. The summed E-state index contributed by atoms with van der Waals surface area (Å²) in [6.07, 6.45) is 4.11. The van der Waals surface area contributed by atoms with E-state index in [2.05, 4.69) is 18.0 Å². The monoisotopic (exact) mass is 234 g/mol. The molecule has 0 unspecified atom stereocenters. The van der Waals surface area contributed by atoms with Gasteiger partial charge in [-0.1, -0.05) is 30.8 Å². The van der Waals surface area contributed by atoms with Gasteiger partial charge in [0.1, 0.15) is 4.99 Å². The third-order valence-corrected chi connectivity index (χ3v) is 3.56. The maximum Gasteiger partial charge on any atom is 0.106 e. The van der Waals surface area contributed by atoms with Crippen molar-refractivity contribution in [2.45, 2.75) is 19.3 Å². The maximum absolute atomic E-state index is 5.73. The minimum atomic E-state index is 0.482. The quantitative estimate of drug-likeness (QED) is 0.812. The molecule has 16 heavy (non-hydrogen) atoms. The molecule has 0 radical (unpaired) electrons. The Morgan fingerprint density at radius 2 is 2.12 bits per heavy atom. The Hall–Kier alpha value is -1.09. The van der Waals surface area contributed by atoms with Crippen LogP contribution in [0.15, 0.2) is 24.3 Å². The van der Waals surface area contributed by atoms with Crippen molar-refractivity contribution in [1.82, 2.24) is 0 Å². The molecule has 0 spiro atoms. The summed E-state index contributed by atoms with van der Waals surface area (Å²) in [7, 11) is 2.12. The molecule has 0 aromatic heterocycles. The van der Waals surface area contributed by atoms with Gasteiger partial charge in [-0.25, -0.2) is 0 Å². The zero-order valence-corrected chi connectivity index (χ0v) is 10.5. The van der Waals surface area contributed by atoms with Crippen molar-refractivity contribution in [3.63, 3.8) is 0 Å². The van der Waals surface area contributed by atoms with Crippen LogP contribution in [0.1, 0.15) is 24.8 Å². The Balaban J connectivity index is 2.14. The van der Waals surface area contributed by atoms with E-state index >= 15 is 0 Å². The summed E-state index contributed by atoms with van der Waals surface area (Å²) in [4.78, 5) is 2.76. The number of nitrogens with two attached hydrogens (primary N) is 1. The van der Waals surface area contributed by atoms with Gasteiger partial charge in [0.05, 0.1) is 0 Å². The molecule has 0 atom stereocenters. The first-order chi connectivity index (χ1) is 7.68. The van der Waals surface area contributed by atoms with Crippen molar-refractivity contribution in [3.8, 4) is 0 Å². The van der Waals surface area contributed by atoms with E-state index < -0.39 is 0 Å². The van der Waals surface area contributed by atoms with E-state index in [1.165, 1.54) is 19.3 Å². The summed E-state index contributed by atoms with van der Waals surface area (Å²) in [6, 6.07) is 8.10. The molecule has 0 saturated heterocycles. The average molecular weight is 234 g/mol. The molecular weight excluding hydrogens is 216 g/mol. The molecule has 1 aromatic rings. The molecule has 0 aliphatic heterocycles. The van der Waals surface area contributed by atoms with Gasteiger partial charge in [0.15, 0.2) is 0 Å². The summed E-state index contributed by atoms with van der Waals surface area (Å²) >= 11 is 5.08. The molecular formula is C13H18N2S. The lowest BCUT2D eigenvalue weighted by molar-refractivity contribution is 0.321. The minimum Gasteiger partial charge on any atom is -0.389 e. The van der Waals surface area contributed by atoms with Gasteiger partial charge in [0.25, 0.3) is 0 Å². The Bertz CT molecular complexity index is 385. The smallest absolute Gasteiger partial charge is 0.106 e. The van der Waals surface area contributed by atoms with Gasteiger partial charge in [-0.2, -0.15) is 0 Å². The van der Waals surface area contributed by atoms with Crippen molar-refractivity contribution < 1.29 is 0 Å². The highest BCUT2D eigenvalue weighted by atomic mass is 32.1. The van der Waals surface area contributed by atoms with E-state index in [1.807, 2.05) is 18.2 Å². The second-order valence-corrected chi connectivity index (χ2v) is 5.00. The third-order valence-electron chi connectivity index (χ3n) is 3.34. The van der Waals surface area contributed by atoms with Gasteiger partial charge >= 0.3 is 0 Å². The first-order valence-corrected chi connectivity index (χ1v) is 6.19. The predicted octanol–water partition coefficient (Wildman–Crippen LogP) is 2.56. The second kappa shape index (κ2) is 4.83. The van der Waals surface area contributed by atoms with Crippen molar-refractivity contribution in [2.75, 3.05) is 18.5 Å². The highest BCUT2D eigenvalue weighted by molar-refractivity contribution is 7.80. The van der Waals surface area contributed by atoms with Gasteiger partial charge < -0.3 is 10.6 Å².